The van der Waals surface area contributed by atoms with Crippen molar-refractivity contribution in [3.05, 3.63) is 36.2 Å². The van der Waals surface area contributed by atoms with E-state index in [1.54, 1.807) is 13.3 Å². The number of hydrogen-bond acceptors (Lipinski definition) is 4. The highest BCUT2D eigenvalue weighted by Crippen LogP contribution is 2.21. The van der Waals surface area contributed by atoms with Crippen LogP contribution in [0.15, 0.2) is 35.7 Å². The second-order valence-electron chi connectivity index (χ2n) is 4.34. The number of nitrogens with zero attached hydrogens (tertiary/aromatic N) is 2. The van der Waals surface area contributed by atoms with Crippen molar-refractivity contribution in [2.24, 2.45) is 7.05 Å². The number of anilines is 1. The molecule has 0 saturated carbocycles. The number of aromatic nitrogens is 2. The molecule has 0 aliphatic rings. The van der Waals surface area contributed by atoms with Gasteiger partial charge in [-0.05, 0) is 30.7 Å². The third kappa shape index (κ3) is 3.54. The molecule has 2 rings (SSSR count). The first-order chi connectivity index (χ1) is 9.60. The number of rotatable bonds is 5. The summed E-state index contributed by atoms with van der Waals surface area (Å²) in [7, 11) is 3.53. The largest absolute Gasteiger partial charge is 0.497 e. The van der Waals surface area contributed by atoms with Crippen molar-refractivity contribution in [2.75, 3.05) is 18.2 Å². The van der Waals surface area contributed by atoms with Gasteiger partial charge in [0, 0.05) is 25.1 Å². The van der Waals surface area contributed by atoms with Crippen LogP contribution in [0.3, 0.4) is 0 Å². The summed E-state index contributed by atoms with van der Waals surface area (Å²) in [5, 5.41) is 3.72. The Kier molecular flexibility index (Phi) is 4.68. The predicted molar refractivity (Wildman–Crippen MR) is 80.3 cm³/mol. The molecule has 1 aromatic carbocycles. The molecule has 1 aromatic heterocycles. The summed E-state index contributed by atoms with van der Waals surface area (Å²) in [6.45, 7) is 1.93. The Morgan fingerprint density at radius 2 is 2.30 bits per heavy atom. The molecule has 6 heteroatoms. The molecule has 0 bridgehead atoms. The fraction of sp³-hybridized carbons (Fsp3) is 0.286. The molecular weight excluding hydrogens is 274 g/mol. The van der Waals surface area contributed by atoms with Gasteiger partial charge in [-0.3, -0.25) is 4.79 Å². The average molecular weight is 291 g/mol. The lowest BCUT2D eigenvalue weighted by Crippen LogP contribution is -2.15. The second kappa shape index (κ2) is 6.47. The molecule has 1 amide bonds. The van der Waals surface area contributed by atoms with Gasteiger partial charge in [-0.25, -0.2) is 4.98 Å². The lowest BCUT2D eigenvalue weighted by Gasteiger charge is -2.09. The van der Waals surface area contributed by atoms with Gasteiger partial charge in [0.1, 0.15) is 5.75 Å². The maximum Gasteiger partial charge on any atom is 0.234 e. The standard InChI is InChI=1S/C14H17N3O2S/c1-10-8-11(19-3)4-5-12(10)16-13(18)9-20-14-15-6-7-17(14)2/h4-8H,9H2,1-3H3,(H,16,18). The van der Waals surface area contributed by atoms with E-state index in [0.717, 1.165) is 22.2 Å². The maximum atomic E-state index is 11.9. The Morgan fingerprint density at radius 3 is 2.90 bits per heavy atom. The lowest BCUT2D eigenvalue weighted by atomic mass is 10.2. The molecule has 0 atom stereocenters. The highest BCUT2D eigenvalue weighted by molar-refractivity contribution is 7.99. The fourth-order valence-electron chi connectivity index (χ4n) is 1.71. The van der Waals surface area contributed by atoms with Crippen molar-refractivity contribution in [2.45, 2.75) is 12.1 Å². The summed E-state index contributed by atoms with van der Waals surface area (Å²) < 4.78 is 7.02. The Morgan fingerprint density at radius 1 is 1.50 bits per heavy atom. The first-order valence-electron chi connectivity index (χ1n) is 6.15. The number of aryl methyl sites for hydroxylation is 2. The lowest BCUT2D eigenvalue weighted by molar-refractivity contribution is -0.113. The molecule has 1 N–H and O–H groups in total. The first kappa shape index (κ1) is 14.5. The molecule has 0 fully saturated rings. The average Bonchev–Trinajstić information content (AvgIpc) is 2.84. The van der Waals surface area contributed by atoms with Crippen LogP contribution in [0.5, 0.6) is 5.75 Å². The van der Waals surface area contributed by atoms with Gasteiger partial charge in [0.25, 0.3) is 0 Å². The zero-order valence-corrected chi connectivity index (χ0v) is 12.5. The molecule has 0 unspecified atom stereocenters. The summed E-state index contributed by atoms with van der Waals surface area (Å²) in [6, 6.07) is 5.56. The number of carbonyl (C=O) groups is 1. The van der Waals surface area contributed by atoms with Crippen LogP contribution >= 0.6 is 11.8 Å². The van der Waals surface area contributed by atoms with Crippen LogP contribution in [-0.2, 0) is 11.8 Å². The van der Waals surface area contributed by atoms with E-state index < -0.39 is 0 Å². The van der Waals surface area contributed by atoms with E-state index in [1.165, 1.54) is 11.8 Å². The van der Waals surface area contributed by atoms with E-state index in [-0.39, 0.29) is 5.91 Å². The number of imidazole rings is 1. The summed E-state index contributed by atoms with van der Waals surface area (Å²) in [6.07, 6.45) is 3.57. The number of benzene rings is 1. The zero-order valence-electron chi connectivity index (χ0n) is 11.7. The van der Waals surface area contributed by atoms with Crippen LogP contribution in [0, 0.1) is 6.92 Å². The summed E-state index contributed by atoms with van der Waals surface area (Å²) >= 11 is 1.41. The molecule has 5 nitrogen and oxygen atoms in total. The Hall–Kier alpha value is -1.95. The first-order valence-corrected chi connectivity index (χ1v) is 7.13. The molecule has 1 heterocycles. The Labute approximate surface area is 122 Å². The Bertz CT molecular complexity index is 610. The Balaban J connectivity index is 1.93. The number of nitrogens with one attached hydrogen (secondary N) is 1. The third-order valence-electron chi connectivity index (χ3n) is 2.82. The number of amides is 1. The van der Waals surface area contributed by atoms with Crippen LogP contribution in [-0.4, -0.2) is 28.3 Å². The molecule has 0 aliphatic heterocycles. The van der Waals surface area contributed by atoms with Gasteiger partial charge < -0.3 is 14.6 Å². The van der Waals surface area contributed by atoms with E-state index >= 15 is 0 Å². The number of carbonyl (C=O) groups excluding carboxylic acids is 1. The van der Waals surface area contributed by atoms with Crippen molar-refractivity contribution in [3.8, 4) is 5.75 Å². The van der Waals surface area contributed by atoms with E-state index in [4.69, 9.17) is 4.74 Å². The van der Waals surface area contributed by atoms with Crippen LogP contribution in [0.1, 0.15) is 5.56 Å². The van der Waals surface area contributed by atoms with Crippen LogP contribution in [0.25, 0.3) is 0 Å². The number of hydrogen-bond donors (Lipinski definition) is 1. The van der Waals surface area contributed by atoms with Gasteiger partial charge in [-0.2, -0.15) is 0 Å². The SMILES string of the molecule is COc1ccc(NC(=O)CSc2nccn2C)c(C)c1. The maximum absolute atomic E-state index is 11.9. The fourth-order valence-corrected chi connectivity index (χ4v) is 2.44. The topological polar surface area (TPSA) is 56.1 Å². The summed E-state index contributed by atoms with van der Waals surface area (Å²) in [5.74, 6) is 1.06. The molecule has 0 spiro atoms. The zero-order chi connectivity index (χ0) is 14.5. The van der Waals surface area contributed by atoms with Gasteiger partial charge in [0.15, 0.2) is 5.16 Å². The third-order valence-corrected chi connectivity index (χ3v) is 3.88. The second-order valence-corrected chi connectivity index (χ2v) is 5.28. The van der Waals surface area contributed by atoms with Gasteiger partial charge >= 0.3 is 0 Å². The minimum atomic E-state index is -0.0498. The van der Waals surface area contributed by atoms with E-state index in [9.17, 15) is 4.79 Å². The highest BCUT2D eigenvalue weighted by atomic mass is 32.2. The monoisotopic (exact) mass is 291 g/mol. The number of ether oxygens (including phenoxy) is 1. The summed E-state index contributed by atoms with van der Waals surface area (Å²) in [4.78, 5) is 16.1. The van der Waals surface area contributed by atoms with E-state index in [1.807, 2.05) is 42.9 Å². The van der Waals surface area contributed by atoms with Gasteiger partial charge in [0.2, 0.25) is 5.91 Å². The molecule has 20 heavy (non-hydrogen) atoms. The minimum absolute atomic E-state index is 0.0498. The quantitative estimate of drug-likeness (QED) is 0.860. The van der Waals surface area contributed by atoms with Crippen LogP contribution in [0.4, 0.5) is 5.69 Å². The van der Waals surface area contributed by atoms with Gasteiger partial charge in [0.05, 0.1) is 12.9 Å². The highest BCUT2D eigenvalue weighted by Gasteiger charge is 2.08. The van der Waals surface area contributed by atoms with Crippen molar-refractivity contribution in [1.82, 2.24) is 9.55 Å². The van der Waals surface area contributed by atoms with Crippen LogP contribution in [0.2, 0.25) is 0 Å². The molecule has 106 valence electrons. The molecule has 0 saturated heterocycles. The smallest absolute Gasteiger partial charge is 0.234 e. The molecule has 2 aromatic rings. The summed E-state index contributed by atoms with van der Waals surface area (Å²) in [5.41, 5.74) is 1.77. The number of thioether (sulfide) groups is 1. The molecular formula is C14H17N3O2S. The number of methoxy groups -OCH3 is 1. The van der Waals surface area contributed by atoms with E-state index in [2.05, 4.69) is 10.3 Å². The van der Waals surface area contributed by atoms with Gasteiger partial charge in [-0.1, -0.05) is 11.8 Å². The predicted octanol–water partition coefficient (Wildman–Crippen LogP) is 2.47. The minimum Gasteiger partial charge on any atom is -0.497 e. The molecule has 0 aliphatic carbocycles. The molecule has 0 radical (unpaired) electrons. The van der Waals surface area contributed by atoms with Crippen molar-refractivity contribution >= 4 is 23.4 Å². The van der Waals surface area contributed by atoms with Crippen molar-refractivity contribution < 1.29 is 9.53 Å². The van der Waals surface area contributed by atoms with Gasteiger partial charge in [-0.15, -0.1) is 0 Å². The van der Waals surface area contributed by atoms with Crippen LogP contribution < -0.4 is 10.1 Å². The normalized spacial score (nSPS) is 10.3. The van der Waals surface area contributed by atoms with Crippen molar-refractivity contribution in [3.63, 3.8) is 0 Å². The van der Waals surface area contributed by atoms with E-state index in [0.29, 0.717) is 5.75 Å². The van der Waals surface area contributed by atoms with Crippen molar-refractivity contribution in [1.29, 1.82) is 0 Å².